The highest BCUT2D eigenvalue weighted by atomic mass is 35.5. The third kappa shape index (κ3) is 3.21. The molecule has 0 unspecified atom stereocenters. The molecule has 1 amide bonds. The number of halogens is 1. The molecule has 3 N–H and O–H groups in total. The fourth-order valence-corrected chi connectivity index (χ4v) is 2.84. The van der Waals surface area contributed by atoms with Crippen LogP contribution in [0.5, 0.6) is 5.75 Å². The van der Waals surface area contributed by atoms with Gasteiger partial charge in [-0.25, -0.2) is 5.14 Å². The molecule has 0 aliphatic carbocycles. The number of hydrogen-bond donors (Lipinski definition) is 2. The number of benzene rings is 1. The van der Waals surface area contributed by atoms with Crippen LogP contribution in [0.2, 0.25) is 5.02 Å². The number of phenolic OH excluding ortho intramolecular Hbond substituents is 1. The zero-order valence-electron chi connectivity index (χ0n) is 10.5. The minimum atomic E-state index is -3.72. The van der Waals surface area contributed by atoms with Crippen LogP contribution in [0.25, 0.3) is 0 Å². The molecule has 0 atom stereocenters. The fourth-order valence-electron chi connectivity index (χ4n) is 2.00. The van der Waals surface area contributed by atoms with E-state index in [1.807, 2.05) is 0 Å². The number of carbonyl (C=O) groups excluding carboxylic acids is 1. The van der Waals surface area contributed by atoms with Gasteiger partial charge in [0.2, 0.25) is 0 Å². The Morgan fingerprint density at radius 3 is 2.35 bits per heavy atom. The summed E-state index contributed by atoms with van der Waals surface area (Å²) in [6.45, 7) is 0.715. The Balaban J connectivity index is 2.09. The van der Waals surface area contributed by atoms with Crippen molar-refractivity contribution < 1.29 is 18.3 Å². The number of piperazine rings is 1. The first-order chi connectivity index (χ1) is 9.29. The lowest BCUT2D eigenvalue weighted by molar-refractivity contribution is 0.0695. The number of aromatic hydroxyl groups is 1. The molecule has 9 heteroatoms. The largest absolute Gasteiger partial charge is 0.507 e. The van der Waals surface area contributed by atoms with E-state index in [2.05, 4.69) is 0 Å². The topological polar surface area (TPSA) is 104 Å². The van der Waals surface area contributed by atoms with E-state index in [0.29, 0.717) is 5.02 Å². The van der Waals surface area contributed by atoms with Gasteiger partial charge in [0.15, 0.2) is 0 Å². The standard InChI is InChI=1S/C11H14ClN3O4S/c12-8-1-2-9(10(16)7-8)11(17)14-3-5-15(6-4-14)20(13,18)19/h1-2,7,16H,3-6H2,(H2,13,18,19). The van der Waals surface area contributed by atoms with E-state index in [9.17, 15) is 18.3 Å². The van der Waals surface area contributed by atoms with Crippen molar-refractivity contribution in [2.75, 3.05) is 26.2 Å². The molecule has 1 fully saturated rings. The van der Waals surface area contributed by atoms with Gasteiger partial charge < -0.3 is 10.0 Å². The van der Waals surface area contributed by atoms with Gasteiger partial charge in [-0.3, -0.25) is 4.79 Å². The zero-order valence-corrected chi connectivity index (χ0v) is 12.1. The predicted octanol–water partition coefficient (Wildman–Crippen LogP) is 0.00690. The van der Waals surface area contributed by atoms with Crippen LogP contribution < -0.4 is 5.14 Å². The van der Waals surface area contributed by atoms with Crippen molar-refractivity contribution in [1.29, 1.82) is 0 Å². The maximum absolute atomic E-state index is 12.2. The first-order valence-corrected chi connectivity index (χ1v) is 7.73. The van der Waals surface area contributed by atoms with Crippen LogP contribution in [0.4, 0.5) is 0 Å². The molecule has 1 aliphatic rings. The van der Waals surface area contributed by atoms with Crippen LogP contribution in [-0.4, -0.2) is 54.8 Å². The highest BCUT2D eigenvalue weighted by Crippen LogP contribution is 2.23. The van der Waals surface area contributed by atoms with E-state index in [1.54, 1.807) is 0 Å². The Morgan fingerprint density at radius 1 is 1.25 bits per heavy atom. The van der Waals surface area contributed by atoms with Gasteiger partial charge in [-0.05, 0) is 18.2 Å². The maximum Gasteiger partial charge on any atom is 0.277 e. The smallest absolute Gasteiger partial charge is 0.277 e. The summed E-state index contributed by atoms with van der Waals surface area (Å²) in [6.07, 6.45) is 0. The van der Waals surface area contributed by atoms with E-state index in [4.69, 9.17) is 16.7 Å². The Kier molecular flexibility index (Phi) is 4.19. The first kappa shape index (κ1) is 15.0. The van der Waals surface area contributed by atoms with Crippen molar-refractivity contribution in [1.82, 2.24) is 9.21 Å². The van der Waals surface area contributed by atoms with E-state index in [-0.39, 0.29) is 43.4 Å². The summed E-state index contributed by atoms with van der Waals surface area (Å²) in [5.41, 5.74) is 0.137. The molecule has 0 spiro atoms. The maximum atomic E-state index is 12.2. The van der Waals surface area contributed by atoms with Gasteiger partial charge in [-0.1, -0.05) is 11.6 Å². The Morgan fingerprint density at radius 2 is 1.85 bits per heavy atom. The molecule has 1 aliphatic heterocycles. The molecular weight excluding hydrogens is 306 g/mol. The number of phenols is 1. The zero-order chi connectivity index (χ0) is 14.9. The number of amides is 1. The predicted molar refractivity (Wildman–Crippen MR) is 73.7 cm³/mol. The summed E-state index contributed by atoms with van der Waals surface area (Å²) in [6, 6.07) is 4.23. The minimum absolute atomic E-state index is 0.137. The summed E-state index contributed by atoms with van der Waals surface area (Å²) >= 11 is 5.70. The van der Waals surface area contributed by atoms with Gasteiger partial charge in [0.05, 0.1) is 5.56 Å². The Bertz CT molecular complexity index is 627. The first-order valence-electron chi connectivity index (χ1n) is 5.84. The van der Waals surface area contributed by atoms with Gasteiger partial charge >= 0.3 is 0 Å². The summed E-state index contributed by atoms with van der Waals surface area (Å²) < 4.78 is 23.4. The van der Waals surface area contributed by atoms with Crippen molar-refractivity contribution >= 4 is 27.7 Å². The van der Waals surface area contributed by atoms with Gasteiger partial charge in [0.1, 0.15) is 5.75 Å². The molecule has 20 heavy (non-hydrogen) atoms. The highest BCUT2D eigenvalue weighted by Gasteiger charge is 2.27. The second-order valence-corrected chi connectivity index (χ2v) is 6.38. The van der Waals surface area contributed by atoms with E-state index >= 15 is 0 Å². The summed E-state index contributed by atoms with van der Waals surface area (Å²) in [4.78, 5) is 13.7. The van der Waals surface area contributed by atoms with Crippen LogP contribution in [-0.2, 0) is 10.2 Å². The van der Waals surface area contributed by atoms with Crippen LogP contribution in [0.1, 0.15) is 10.4 Å². The van der Waals surface area contributed by atoms with E-state index in [0.717, 1.165) is 4.31 Å². The number of hydrogen-bond acceptors (Lipinski definition) is 4. The lowest BCUT2D eigenvalue weighted by Gasteiger charge is -2.33. The molecule has 1 aromatic rings. The van der Waals surface area contributed by atoms with Crippen molar-refractivity contribution in [3.63, 3.8) is 0 Å². The van der Waals surface area contributed by atoms with Gasteiger partial charge in [-0.2, -0.15) is 12.7 Å². The average Bonchev–Trinajstić information content (AvgIpc) is 2.37. The van der Waals surface area contributed by atoms with Gasteiger partial charge in [-0.15, -0.1) is 0 Å². The van der Waals surface area contributed by atoms with Crippen molar-refractivity contribution in [3.05, 3.63) is 28.8 Å². The highest BCUT2D eigenvalue weighted by molar-refractivity contribution is 7.86. The molecule has 0 bridgehead atoms. The summed E-state index contributed by atoms with van der Waals surface area (Å²) in [5, 5.41) is 15.1. The molecule has 0 radical (unpaired) electrons. The van der Waals surface area contributed by atoms with Crippen LogP contribution in [0.3, 0.4) is 0 Å². The second-order valence-electron chi connectivity index (χ2n) is 4.40. The van der Waals surface area contributed by atoms with Crippen LogP contribution >= 0.6 is 11.6 Å². The lowest BCUT2D eigenvalue weighted by Crippen LogP contribution is -2.52. The summed E-state index contributed by atoms with van der Waals surface area (Å²) in [7, 11) is -3.72. The molecule has 0 saturated carbocycles. The minimum Gasteiger partial charge on any atom is -0.507 e. The van der Waals surface area contributed by atoms with Gasteiger partial charge in [0.25, 0.3) is 16.1 Å². The number of rotatable bonds is 2. The molecule has 1 aromatic carbocycles. The molecule has 1 saturated heterocycles. The Hall–Kier alpha value is -1.35. The van der Waals surface area contributed by atoms with Crippen LogP contribution in [0.15, 0.2) is 18.2 Å². The second kappa shape index (κ2) is 5.57. The van der Waals surface area contributed by atoms with Crippen LogP contribution in [0, 0.1) is 0 Å². The number of carbonyl (C=O) groups is 1. The molecule has 1 heterocycles. The van der Waals surface area contributed by atoms with E-state index in [1.165, 1.54) is 23.1 Å². The molecule has 7 nitrogen and oxygen atoms in total. The number of nitrogens with two attached hydrogens (primary N) is 1. The monoisotopic (exact) mass is 319 g/mol. The van der Waals surface area contributed by atoms with Crippen molar-refractivity contribution in [3.8, 4) is 5.75 Å². The van der Waals surface area contributed by atoms with Crippen molar-refractivity contribution in [2.24, 2.45) is 5.14 Å². The molecule has 2 rings (SSSR count). The lowest BCUT2D eigenvalue weighted by atomic mass is 10.1. The normalized spacial score (nSPS) is 17.2. The molecule has 0 aromatic heterocycles. The Labute approximate surface area is 121 Å². The molecule has 110 valence electrons. The average molecular weight is 320 g/mol. The third-order valence-corrected chi connectivity index (χ3v) is 4.40. The number of nitrogens with zero attached hydrogens (tertiary/aromatic N) is 2. The van der Waals surface area contributed by atoms with Crippen molar-refractivity contribution in [2.45, 2.75) is 0 Å². The fraction of sp³-hybridized carbons (Fsp3) is 0.364. The third-order valence-electron chi connectivity index (χ3n) is 3.08. The summed E-state index contributed by atoms with van der Waals surface area (Å²) in [5.74, 6) is -0.565. The molecular formula is C11H14ClN3O4S. The van der Waals surface area contributed by atoms with Gasteiger partial charge in [0, 0.05) is 31.2 Å². The quantitative estimate of drug-likeness (QED) is 0.801. The SMILES string of the molecule is NS(=O)(=O)N1CCN(C(=O)c2ccc(Cl)cc2O)CC1. The van der Waals surface area contributed by atoms with E-state index < -0.39 is 10.2 Å².